The predicted molar refractivity (Wildman–Crippen MR) is 76.7 cm³/mol. The lowest BCUT2D eigenvalue weighted by molar-refractivity contribution is 0.0862. The van der Waals surface area contributed by atoms with Crippen LogP contribution < -0.4 is 5.32 Å². The van der Waals surface area contributed by atoms with Crippen molar-refractivity contribution < 1.29 is 9.53 Å². The number of nitriles is 1. The molecule has 0 radical (unpaired) electrons. The Morgan fingerprint density at radius 2 is 2.35 bits per heavy atom. The van der Waals surface area contributed by atoms with Crippen molar-refractivity contribution >= 4 is 17.2 Å². The smallest absolute Gasteiger partial charge is 0.264 e. The zero-order valence-corrected chi connectivity index (χ0v) is 12.6. The molecule has 0 aliphatic heterocycles. The molecule has 6 heteroatoms. The van der Waals surface area contributed by atoms with E-state index in [0.717, 1.165) is 18.5 Å². The quantitative estimate of drug-likeness (QED) is 0.905. The number of nitrogens with one attached hydrogen (secondary N) is 1. The number of hydrogen-bond acceptors (Lipinski definition) is 5. The van der Waals surface area contributed by atoms with Crippen LogP contribution in [-0.4, -0.2) is 30.1 Å². The van der Waals surface area contributed by atoms with Gasteiger partial charge < -0.3 is 10.1 Å². The highest BCUT2D eigenvalue weighted by Gasteiger charge is 2.30. The van der Waals surface area contributed by atoms with E-state index in [1.54, 1.807) is 12.4 Å². The molecule has 1 aliphatic carbocycles. The second-order valence-corrected chi connectivity index (χ2v) is 6.23. The molecule has 1 fully saturated rings. The van der Waals surface area contributed by atoms with Gasteiger partial charge in [-0.15, -0.1) is 11.3 Å². The number of amides is 1. The van der Waals surface area contributed by atoms with Crippen LogP contribution in [-0.2, 0) is 4.74 Å². The molecule has 1 amide bonds. The van der Waals surface area contributed by atoms with Crippen molar-refractivity contribution in [2.75, 3.05) is 13.7 Å². The van der Waals surface area contributed by atoms with Crippen molar-refractivity contribution in [1.29, 1.82) is 5.26 Å². The van der Waals surface area contributed by atoms with Crippen LogP contribution in [0.2, 0.25) is 0 Å². The standard InChI is InChI=1S/C14H19N3O2S/c1-14(7-15,8-19-2)17-13(18)12-11(16-9-20-12)10-5-3-4-6-10/h9-10H,3-6,8H2,1-2H3,(H,17,18)/t14-/m0/s1. The third kappa shape index (κ3) is 3.17. The monoisotopic (exact) mass is 293 g/mol. The first-order valence-corrected chi connectivity index (χ1v) is 7.63. The maximum atomic E-state index is 12.4. The number of methoxy groups -OCH3 is 1. The van der Waals surface area contributed by atoms with Crippen molar-refractivity contribution in [2.45, 2.75) is 44.1 Å². The van der Waals surface area contributed by atoms with Gasteiger partial charge in [0.05, 0.1) is 23.9 Å². The van der Waals surface area contributed by atoms with Crippen LogP contribution in [0.25, 0.3) is 0 Å². The molecule has 108 valence electrons. The molecule has 1 heterocycles. The molecule has 1 atom stereocenters. The number of ether oxygens (including phenoxy) is 1. The summed E-state index contributed by atoms with van der Waals surface area (Å²) in [4.78, 5) is 17.4. The number of nitrogens with zero attached hydrogens (tertiary/aromatic N) is 2. The number of hydrogen-bond donors (Lipinski definition) is 1. The second-order valence-electron chi connectivity index (χ2n) is 5.38. The lowest BCUT2D eigenvalue weighted by Gasteiger charge is -2.22. The Morgan fingerprint density at radius 1 is 1.65 bits per heavy atom. The molecular formula is C14H19N3O2S. The average Bonchev–Trinajstić information content (AvgIpc) is 3.09. The van der Waals surface area contributed by atoms with E-state index in [-0.39, 0.29) is 12.5 Å². The van der Waals surface area contributed by atoms with Crippen LogP contribution >= 0.6 is 11.3 Å². The van der Waals surface area contributed by atoms with E-state index in [2.05, 4.69) is 16.4 Å². The van der Waals surface area contributed by atoms with Gasteiger partial charge in [-0.05, 0) is 19.8 Å². The van der Waals surface area contributed by atoms with Gasteiger partial charge in [-0.1, -0.05) is 12.8 Å². The lowest BCUT2D eigenvalue weighted by Crippen LogP contribution is -2.48. The molecule has 0 saturated heterocycles. The SMILES string of the molecule is COC[C@](C)(C#N)NC(=O)c1scnc1C1CCCC1. The summed E-state index contributed by atoms with van der Waals surface area (Å²) in [5.41, 5.74) is 1.59. The summed E-state index contributed by atoms with van der Waals surface area (Å²) in [5, 5.41) is 11.9. The molecule has 0 aromatic carbocycles. The average molecular weight is 293 g/mol. The molecule has 1 aliphatic rings. The highest BCUT2D eigenvalue weighted by Crippen LogP contribution is 2.36. The van der Waals surface area contributed by atoms with E-state index >= 15 is 0 Å². The van der Waals surface area contributed by atoms with Crippen molar-refractivity contribution in [1.82, 2.24) is 10.3 Å². The minimum Gasteiger partial charge on any atom is -0.381 e. The maximum Gasteiger partial charge on any atom is 0.264 e. The van der Waals surface area contributed by atoms with E-state index in [4.69, 9.17) is 4.74 Å². The van der Waals surface area contributed by atoms with Gasteiger partial charge in [-0.25, -0.2) is 4.98 Å². The number of aromatic nitrogens is 1. The Labute approximate surface area is 123 Å². The minimum absolute atomic E-state index is 0.160. The number of rotatable bonds is 5. The lowest BCUT2D eigenvalue weighted by atomic mass is 10.0. The van der Waals surface area contributed by atoms with Crippen molar-refractivity contribution in [3.8, 4) is 6.07 Å². The van der Waals surface area contributed by atoms with Crippen molar-refractivity contribution in [3.63, 3.8) is 0 Å². The first kappa shape index (κ1) is 14.9. The van der Waals surface area contributed by atoms with E-state index in [1.807, 2.05) is 0 Å². The summed E-state index contributed by atoms with van der Waals surface area (Å²) in [6.45, 7) is 1.82. The van der Waals surface area contributed by atoms with Gasteiger partial charge in [-0.3, -0.25) is 4.79 Å². The highest BCUT2D eigenvalue weighted by atomic mass is 32.1. The molecule has 0 unspecified atom stereocenters. The van der Waals surface area contributed by atoms with E-state index < -0.39 is 5.54 Å². The Hall–Kier alpha value is -1.45. The van der Waals surface area contributed by atoms with Gasteiger partial charge in [0, 0.05) is 13.0 Å². The number of carbonyl (C=O) groups is 1. The normalized spacial score (nSPS) is 18.4. The summed E-state index contributed by atoms with van der Waals surface area (Å²) in [7, 11) is 1.51. The Bertz CT molecular complexity index is 517. The summed E-state index contributed by atoms with van der Waals surface area (Å²) < 4.78 is 5.00. The fraction of sp³-hybridized carbons (Fsp3) is 0.643. The minimum atomic E-state index is -1.01. The maximum absolute atomic E-state index is 12.4. The van der Waals surface area contributed by atoms with Crippen LogP contribution in [0, 0.1) is 11.3 Å². The summed E-state index contributed by atoms with van der Waals surface area (Å²) in [6, 6.07) is 2.09. The topological polar surface area (TPSA) is 75.0 Å². The molecule has 5 nitrogen and oxygen atoms in total. The second kappa shape index (κ2) is 6.33. The van der Waals surface area contributed by atoms with Crippen molar-refractivity contribution in [3.05, 3.63) is 16.1 Å². The van der Waals surface area contributed by atoms with Gasteiger partial charge in [-0.2, -0.15) is 5.26 Å². The van der Waals surface area contributed by atoms with Gasteiger partial charge in [0.25, 0.3) is 5.91 Å². The van der Waals surface area contributed by atoms with Crippen LogP contribution in [0.3, 0.4) is 0 Å². The first-order valence-electron chi connectivity index (χ1n) is 6.76. The molecular weight excluding hydrogens is 274 g/mol. The Kier molecular flexibility index (Phi) is 4.73. The third-order valence-corrected chi connectivity index (χ3v) is 4.45. The van der Waals surface area contributed by atoms with Crippen LogP contribution in [0.5, 0.6) is 0 Å². The Balaban J connectivity index is 2.14. The molecule has 0 spiro atoms. The molecule has 2 rings (SSSR count). The molecule has 1 aromatic heterocycles. The fourth-order valence-electron chi connectivity index (χ4n) is 2.61. The summed E-state index contributed by atoms with van der Waals surface area (Å²) in [5.74, 6) is 0.160. The first-order chi connectivity index (χ1) is 9.59. The van der Waals surface area contributed by atoms with Crippen molar-refractivity contribution in [2.24, 2.45) is 0 Å². The molecule has 1 saturated carbocycles. The highest BCUT2D eigenvalue weighted by molar-refractivity contribution is 7.11. The van der Waals surface area contributed by atoms with Gasteiger partial charge in [0.15, 0.2) is 0 Å². The zero-order valence-electron chi connectivity index (χ0n) is 11.8. The zero-order chi connectivity index (χ0) is 14.6. The van der Waals surface area contributed by atoms with Gasteiger partial charge >= 0.3 is 0 Å². The predicted octanol–water partition coefficient (Wildman–Crippen LogP) is 2.46. The summed E-state index contributed by atoms with van der Waals surface area (Å²) in [6.07, 6.45) is 4.58. The molecule has 1 N–H and O–H groups in total. The largest absolute Gasteiger partial charge is 0.381 e. The number of thiazole rings is 1. The molecule has 0 bridgehead atoms. The fourth-order valence-corrected chi connectivity index (χ4v) is 3.38. The van der Waals surface area contributed by atoms with E-state index in [9.17, 15) is 10.1 Å². The van der Waals surface area contributed by atoms with Gasteiger partial charge in [0.2, 0.25) is 0 Å². The molecule has 1 aromatic rings. The Morgan fingerprint density at radius 3 is 2.95 bits per heavy atom. The van der Waals surface area contributed by atoms with Crippen LogP contribution in [0.1, 0.15) is 53.9 Å². The third-order valence-electron chi connectivity index (χ3n) is 3.61. The number of carbonyl (C=O) groups excluding carboxylic acids is 1. The van der Waals surface area contributed by atoms with Gasteiger partial charge in [0.1, 0.15) is 10.4 Å². The van der Waals surface area contributed by atoms with Crippen LogP contribution in [0.15, 0.2) is 5.51 Å². The molecule has 20 heavy (non-hydrogen) atoms. The van der Waals surface area contributed by atoms with Crippen LogP contribution in [0.4, 0.5) is 0 Å². The van der Waals surface area contributed by atoms with E-state index in [0.29, 0.717) is 10.8 Å². The van der Waals surface area contributed by atoms with E-state index in [1.165, 1.54) is 31.3 Å². The summed E-state index contributed by atoms with van der Waals surface area (Å²) >= 11 is 1.34.